The molecule has 0 radical (unpaired) electrons. The van der Waals surface area contributed by atoms with Crippen molar-refractivity contribution in [1.82, 2.24) is 4.98 Å². The second kappa shape index (κ2) is 7.06. The second-order valence-electron chi connectivity index (χ2n) is 4.29. The van der Waals surface area contributed by atoms with Crippen LogP contribution in [0.2, 0.25) is 0 Å². The number of hydrogen-bond acceptors (Lipinski definition) is 6. The lowest BCUT2D eigenvalue weighted by Crippen LogP contribution is -2.12. The number of amides is 2. The third-order valence-corrected chi connectivity index (χ3v) is 5.03. The van der Waals surface area contributed by atoms with E-state index in [1.807, 2.05) is 6.07 Å². The number of anilines is 1. The van der Waals surface area contributed by atoms with E-state index in [0.29, 0.717) is 16.3 Å². The minimum Gasteiger partial charge on any atom is -0.369 e. The average Bonchev–Trinajstić information content (AvgIpc) is 2.84. The first kappa shape index (κ1) is 16.0. The lowest BCUT2D eigenvalue weighted by molar-refractivity contribution is -0.115. The molecule has 2 amide bonds. The van der Waals surface area contributed by atoms with Crippen LogP contribution in [0.5, 0.6) is 0 Å². The Morgan fingerprint density at radius 1 is 1.50 bits per heavy atom. The molecule has 0 aliphatic heterocycles. The number of carbonyl (C=O) groups excluding carboxylic acids is 2. The van der Waals surface area contributed by atoms with E-state index in [0.717, 1.165) is 9.90 Å². The zero-order valence-electron chi connectivity index (χ0n) is 11.6. The molecule has 0 saturated carbocycles. The van der Waals surface area contributed by atoms with Crippen molar-refractivity contribution in [2.45, 2.75) is 11.1 Å². The molecule has 3 N–H and O–H groups in total. The topological polar surface area (TPSA) is 109 Å². The molecule has 0 saturated heterocycles. The van der Waals surface area contributed by atoms with Gasteiger partial charge in [-0.05, 0) is 25.1 Å². The number of thiazole rings is 1. The molecule has 0 spiro atoms. The third kappa shape index (κ3) is 4.07. The maximum atomic E-state index is 12.1. The molecule has 0 fully saturated rings. The summed E-state index contributed by atoms with van der Waals surface area (Å²) in [7, 11) is 0. The summed E-state index contributed by atoms with van der Waals surface area (Å²) < 4.78 is 0.833. The summed E-state index contributed by atoms with van der Waals surface area (Å²) in [5.74, 6) is -0.574. The third-order valence-electron chi connectivity index (χ3n) is 2.57. The van der Waals surface area contributed by atoms with Crippen LogP contribution in [0, 0.1) is 18.3 Å². The SMILES string of the molecule is Cc1nc(NC(=O)c2cccc(C#N)c2)sc1SCC(N)=O. The number of nitrogens with one attached hydrogen (secondary N) is 1. The Balaban J connectivity index is 2.10. The molecule has 0 bridgehead atoms. The van der Waals surface area contributed by atoms with Crippen LogP contribution in [0.1, 0.15) is 21.6 Å². The van der Waals surface area contributed by atoms with Crippen molar-refractivity contribution in [2.24, 2.45) is 5.73 Å². The number of hydrogen-bond donors (Lipinski definition) is 2. The predicted octanol–water partition coefficient (Wildman–Crippen LogP) is 2.15. The number of aryl methyl sites for hydroxylation is 1. The number of nitrogens with two attached hydrogens (primary N) is 1. The van der Waals surface area contributed by atoms with Gasteiger partial charge in [0.25, 0.3) is 5.91 Å². The van der Waals surface area contributed by atoms with Crippen molar-refractivity contribution in [3.63, 3.8) is 0 Å². The highest BCUT2D eigenvalue weighted by Gasteiger charge is 2.13. The molecule has 1 heterocycles. The van der Waals surface area contributed by atoms with Crippen molar-refractivity contribution >= 4 is 40.0 Å². The molecule has 6 nitrogen and oxygen atoms in total. The van der Waals surface area contributed by atoms with E-state index in [4.69, 9.17) is 11.0 Å². The molecular formula is C14H12N4O2S2. The summed E-state index contributed by atoms with van der Waals surface area (Å²) in [5, 5.41) is 12.0. The Hall–Kier alpha value is -2.37. The van der Waals surface area contributed by atoms with E-state index in [1.54, 1.807) is 25.1 Å². The summed E-state index contributed by atoms with van der Waals surface area (Å²) in [6.45, 7) is 1.80. The summed E-state index contributed by atoms with van der Waals surface area (Å²) in [4.78, 5) is 27.2. The lowest BCUT2D eigenvalue weighted by Gasteiger charge is -2.01. The molecule has 22 heavy (non-hydrogen) atoms. The van der Waals surface area contributed by atoms with Crippen molar-refractivity contribution in [1.29, 1.82) is 5.26 Å². The first-order valence-corrected chi connectivity index (χ1v) is 8.00. The standard InChI is InChI=1S/C14H12N4O2S2/c1-8-13(21-7-11(16)19)22-14(17-8)18-12(20)10-4-2-3-9(5-10)6-15/h2-5H,7H2,1H3,(H2,16,19)(H,17,18,20). The molecule has 1 aromatic carbocycles. The van der Waals surface area contributed by atoms with E-state index in [-0.39, 0.29) is 11.7 Å². The van der Waals surface area contributed by atoms with Gasteiger partial charge in [0, 0.05) is 5.56 Å². The zero-order chi connectivity index (χ0) is 16.1. The Morgan fingerprint density at radius 3 is 2.95 bits per heavy atom. The van der Waals surface area contributed by atoms with Gasteiger partial charge in [-0.3, -0.25) is 14.9 Å². The minimum absolute atomic E-state index is 0.167. The summed E-state index contributed by atoms with van der Waals surface area (Å²) in [5.41, 5.74) is 6.65. The first-order chi connectivity index (χ1) is 10.5. The quantitative estimate of drug-likeness (QED) is 0.815. The molecule has 0 aliphatic carbocycles. The number of benzene rings is 1. The van der Waals surface area contributed by atoms with Gasteiger partial charge in [0.2, 0.25) is 5.91 Å². The van der Waals surface area contributed by atoms with Crippen molar-refractivity contribution in [2.75, 3.05) is 11.1 Å². The van der Waals surface area contributed by atoms with E-state index in [9.17, 15) is 9.59 Å². The average molecular weight is 332 g/mol. The largest absolute Gasteiger partial charge is 0.369 e. The van der Waals surface area contributed by atoms with E-state index in [2.05, 4.69) is 10.3 Å². The van der Waals surface area contributed by atoms with Gasteiger partial charge < -0.3 is 5.73 Å². The van der Waals surface area contributed by atoms with Crippen LogP contribution in [0.3, 0.4) is 0 Å². The monoisotopic (exact) mass is 332 g/mol. The van der Waals surface area contributed by atoms with Crippen LogP contribution in [0.25, 0.3) is 0 Å². The number of rotatable bonds is 5. The number of aromatic nitrogens is 1. The summed E-state index contributed by atoms with van der Waals surface area (Å²) in [6.07, 6.45) is 0. The Morgan fingerprint density at radius 2 is 2.27 bits per heavy atom. The fraction of sp³-hybridized carbons (Fsp3) is 0.143. The molecule has 0 aliphatic rings. The van der Waals surface area contributed by atoms with Crippen LogP contribution in [0.15, 0.2) is 28.5 Å². The normalized spacial score (nSPS) is 10.0. The number of nitriles is 1. The van der Waals surface area contributed by atoms with Gasteiger partial charge in [-0.1, -0.05) is 17.4 Å². The fourth-order valence-corrected chi connectivity index (χ4v) is 3.48. The second-order valence-corrected chi connectivity index (χ2v) is 6.54. The van der Waals surface area contributed by atoms with Crippen LogP contribution in [-0.4, -0.2) is 22.6 Å². The van der Waals surface area contributed by atoms with Crippen LogP contribution in [0.4, 0.5) is 5.13 Å². The van der Waals surface area contributed by atoms with Gasteiger partial charge in [-0.25, -0.2) is 4.98 Å². The smallest absolute Gasteiger partial charge is 0.257 e. The number of carbonyl (C=O) groups is 2. The number of primary amides is 1. The van der Waals surface area contributed by atoms with E-state index < -0.39 is 5.91 Å². The van der Waals surface area contributed by atoms with Crippen LogP contribution >= 0.6 is 23.1 Å². The van der Waals surface area contributed by atoms with Gasteiger partial charge in [0.15, 0.2) is 5.13 Å². The molecule has 0 atom stereocenters. The first-order valence-electron chi connectivity index (χ1n) is 6.19. The van der Waals surface area contributed by atoms with Crippen molar-refractivity contribution < 1.29 is 9.59 Å². The highest BCUT2D eigenvalue weighted by Crippen LogP contribution is 2.32. The van der Waals surface area contributed by atoms with Gasteiger partial charge in [-0.2, -0.15) is 5.26 Å². The van der Waals surface area contributed by atoms with Gasteiger partial charge >= 0.3 is 0 Å². The Kier molecular flexibility index (Phi) is 5.14. The Bertz CT molecular complexity index is 764. The van der Waals surface area contributed by atoms with E-state index in [1.165, 1.54) is 29.2 Å². The molecule has 8 heteroatoms. The van der Waals surface area contributed by atoms with Gasteiger partial charge in [-0.15, -0.1) is 11.8 Å². The highest BCUT2D eigenvalue weighted by atomic mass is 32.2. The zero-order valence-corrected chi connectivity index (χ0v) is 13.3. The summed E-state index contributed by atoms with van der Waals surface area (Å²) in [6, 6.07) is 8.40. The summed E-state index contributed by atoms with van der Waals surface area (Å²) >= 11 is 2.57. The van der Waals surface area contributed by atoms with Gasteiger partial charge in [0.1, 0.15) is 0 Å². The minimum atomic E-state index is -0.406. The lowest BCUT2D eigenvalue weighted by atomic mass is 10.1. The van der Waals surface area contributed by atoms with Crippen LogP contribution < -0.4 is 11.1 Å². The van der Waals surface area contributed by atoms with Crippen LogP contribution in [-0.2, 0) is 4.79 Å². The molecule has 2 rings (SSSR count). The molecular weight excluding hydrogens is 320 g/mol. The van der Waals surface area contributed by atoms with Crippen molar-refractivity contribution in [3.05, 3.63) is 41.1 Å². The van der Waals surface area contributed by atoms with Crippen molar-refractivity contribution in [3.8, 4) is 6.07 Å². The number of nitrogens with zero attached hydrogens (tertiary/aromatic N) is 2. The Labute approximate surface area is 135 Å². The number of thioether (sulfide) groups is 1. The fourth-order valence-electron chi connectivity index (χ4n) is 1.61. The van der Waals surface area contributed by atoms with Gasteiger partial charge in [0.05, 0.1) is 27.3 Å². The predicted molar refractivity (Wildman–Crippen MR) is 85.9 cm³/mol. The molecule has 2 aromatic rings. The molecule has 0 unspecified atom stereocenters. The molecule has 1 aromatic heterocycles. The highest BCUT2D eigenvalue weighted by molar-refractivity contribution is 8.01. The maximum Gasteiger partial charge on any atom is 0.257 e. The van der Waals surface area contributed by atoms with E-state index >= 15 is 0 Å². The maximum absolute atomic E-state index is 12.1. The molecule has 112 valence electrons.